The van der Waals surface area contributed by atoms with Gasteiger partial charge in [-0.05, 0) is 30.7 Å². The van der Waals surface area contributed by atoms with Crippen molar-refractivity contribution in [3.63, 3.8) is 0 Å². The zero-order chi connectivity index (χ0) is 16.3. The molecule has 2 rings (SSSR count). The molecule has 0 bridgehead atoms. The summed E-state index contributed by atoms with van der Waals surface area (Å²) in [5, 5.41) is 11.5. The molecule has 0 radical (unpaired) electrons. The van der Waals surface area contributed by atoms with E-state index in [1.807, 2.05) is 0 Å². The van der Waals surface area contributed by atoms with Crippen LogP contribution in [-0.4, -0.2) is 31.7 Å². The predicted molar refractivity (Wildman–Crippen MR) is 82.2 cm³/mol. The Hall–Kier alpha value is -2.41. The molecule has 1 aromatic carbocycles. The summed E-state index contributed by atoms with van der Waals surface area (Å²) in [6.07, 6.45) is 5.99. The van der Waals surface area contributed by atoms with E-state index in [9.17, 15) is 18.0 Å². The van der Waals surface area contributed by atoms with Crippen molar-refractivity contribution >= 4 is 27.4 Å². The molecule has 22 heavy (non-hydrogen) atoms. The lowest BCUT2D eigenvalue weighted by Crippen LogP contribution is -2.23. The van der Waals surface area contributed by atoms with Crippen molar-refractivity contribution in [2.45, 2.75) is 6.42 Å². The van der Waals surface area contributed by atoms with Crippen LogP contribution >= 0.6 is 0 Å². The molecule has 0 fully saturated rings. The summed E-state index contributed by atoms with van der Waals surface area (Å²) in [5.74, 6) is -2.08. The summed E-state index contributed by atoms with van der Waals surface area (Å²) < 4.78 is 23.0. The highest BCUT2D eigenvalue weighted by molar-refractivity contribution is 7.94. The average Bonchev–Trinajstić information content (AvgIpc) is 2.46. The topological polar surface area (TPSA) is 101 Å². The maximum atomic E-state index is 12.2. The lowest BCUT2D eigenvalue weighted by Gasteiger charge is -2.16. The summed E-state index contributed by atoms with van der Waals surface area (Å²) in [5.41, 5.74) is 0.419. The maximum absolute atomic E-state index is 12.2. The molecule has 0 heterocycles. The number of carboxylic acid groups (broad SMARTS) is 1. The maximum Gasteiger partial charge on any atom is 0.335 e. The van der Waals surface area contributed by atoms with Gasteiger partial charge in [-0.2, -0.15) is 0 Å². The predicted octanol–water partition coefficient (Wildman–Crippen LogP) is 1.83. The number of carbonyl (C=O) groups is 2. The molecule has 1 atom stereocenters. The molecule has 7 heteroatoms. The number of hydrogen-bond donors (Lipinski definition) is 2. The molecule has 2 N–H and O–H groups in total. The van der Waals surface area contributed by atoms with Gasteiger partial charge in [0.05, 0.1) is 16.4 Å². The molecular weight excluding hydrogens is 306 g/mol. The summed E-state index contributed by atoms with van der Waals surface area (Å²) in [7, 11) is -3.37. The molecule has 116 valence electrons. The third-order valence-corrected chi connectivity index (χ3v) is 4.31. The summed E-state index contributed by atoms with van der Waals surface area (Å²) in [6, 6.07) is 5.87. The monoisotopic (exact) mass is 321 g/mol. The largest absolute Gasteiger partial charge is 0.478 e. The molecule has 0 saturated carbocycles. The van der Waals surface area contributed by atoms with Gasteiger partial charge in [-0.25, -0.2) is 13.2 Å². The zero-order valence-electron chi connectivity index (χ0n) is 11.8. The Morgan fingerprint density at radius 2 is 2.05 bits per heavy atom. The Kier molecular flexibility index (Phi) is 4.46. The summed E-state index contributed by atoms with van der Waals surface area (Å²) in [4.78, 5) is 23.2. The zero-order valence-corrected chi connectivity index (χ0v) is 12.6. The van der Waals surface area contributed by atoms with Crippen LogP contribution in [0.2, 0.25) is 0 Å². The van der Waals surface area contributed by atoms with Crippen LogP contribution < -0.4 is 5.32 Å². The van der Waals surface area contributed by atoms with Gasteiger partial charge in [-0.15, -0.1) is 0 Å². The van der Waals surface area contributed by atoms with E-state index in [4.69, 9.17) is 5.11 Å². The van der Waals surface area contributed by atoms with Gasteiger partial charge >= 0.3 is 5.97 Å². The number of amides is 1. The summed E-state index contributed by atoms with van der Waals surface area (Å²) in [6.45, 7) is 0. The van der Waals surface area contributed by atoms with Crippen molar-refractivity contribution in [2.24, 2.45) is 5.92 Å². The fourth-order valence-corrected chi connectivity index (χ4v) is 2.80. The first-order chi connectivity index (χ1) is 10.3. The molecule has 1 amide bonds. The van der Waals surface area contributed by atoms with Gasteiger partial charge in [0, 0.05) is 11.9 Å². The van der Waals surface area contributed by atoms with Crippen LogP contribution in [0, 0.1) is 5.92 Å². The fraction of sp³-hybridized carbons (Fsp3) is 0.200. The van der Waals surface area contributed by atoms with Crippen LogP contribution in [-0.2, 0) is 14.6 Å². The van der Waals surface area contributed by atoms with E-state index in [0.717, 1.165) is 6.26 Å². The number of nitrogens with one attached hydrogen (secondary N) is 1. The average molecular weight is 321 g/mol. The second-order valence-corrected chi connectivity index (χ2v) is 6.98. The Labute approximate surface area is 128 Å². The van der Waals surface area contributed by atoms with Crippen molar-refractivity contribution in [1.29, 1.82) is 0 Å². The third-order valence-electron chi connectivity index (χ3n) is 3.18. The summed E-state index contributed by atoms with van der Waals surface area (Å²) >= 11 is 0. The highest BCUT2D eigenvalue weighted by Crippen LogP contribution is 2.22. The van der Waals surface area contributed by atoms with Crippen molar-refractivity contribution in [1.82, 2.24) is 0 Å². The van der Waals surface area contributed by atoms with Crippen molar-refractivity contribution in [3.05, 3.63) is 53.0 Å². The van der Waals surface area contributed by atoms with Crippen LogP contribution in [0.5, 0.6) is 0 Å². The first-order valence-electron chi connectivity index (χ1n) is 6.50. The number of rotatable bonds is 4. The van der Waals surface area contributed by atoms with Crippen LogP contribution in [0.3, 0.4) is 0 Å². The molecule has 0 unspecified atom stereocenters. The highest BCUT2D eigenvalue weighted by atomic mass is 32.2. The van der Waals surface area contributed by atoms with Crippen LogP contribution in [0.1, 0.15) is 16.8 Å². The fourth-order valence-electron chi connectivity index (χ4n) is 2.05. The number of sulfone groups is 1. The Morgan fingerprint density at radius 3 is 2.68 bits per heavy atom. The van der Waals surface area contributed by atoms with Gasteiger partial charge in [0.25, 0.3) is 0 Å². The number of anilines is 1. The molecule has 0 aromatic heterocycles. The minimum absolute atomic E-state index is 0.0636. The van der Waals surface area contributed by atoms with E-state index in [2.05, 4.69) is 5.32 Å². The SMILES string of the molecule is CS(=O)(=O)C1=C[C@H](C(=O)Nc2cccc(C(=O)O)c2)CC=C1. The van der Waals surface area contributed by atoms with Gasteiger partial charge in [0.1, 0.15) is 0 Å². The first-order valence-corrected chi connectivity index (χ1v) is 8.39. The standard InChI is InChI=1S/C15H15NO5S/c1-22(20,21)13-7-3-4-10(9-13)14(17)16-12-6-2-5-11(8-12)15(18)19/h2-3,5-10H,4H2,1H3,(H,16,17)(H,18,19)/t10-/m1/s1. The Bertz CT molecular complexity index is 777. The van der Waals surface area contributed by atoms with Crippen molar-refractivity contribution < 1.29 is 23.1 Å². The minimum atomic E-state index is -3.37. The molecule has 0 aliphatic heterocycles. The third kappa shape index (κ3) is 3.82. The second kappa shape index (κ2) is 6.15. The van der Waals surface area contributed by atoms with Crippen molar-refractivity contribution in [2.75, 3.05) is 11.6 Å². The number of carboxylic acids is 1. The van der Waals surface area contributed by atoms with Crippen molar-refractivity contribution in [3.8, 4) is 0 Å². The normalized spacial score (nSPS) is 17.7. The van der Waals surface area contributed by atoms with Gasteiger partial charge in [0.15, 0.2) is 9.84 Å². The van der Waals surface area contributed by atoms with Gasteiger partial charge < -0.3 is 10.4 Å². The number of benzene rings is 1. The van der Waals surface area contributed by atoms with Gasteiger partial charge in [0.2, 0.25) is 5.91 Å². The van der Waals surface area contributed by atoms with E-state index < -0.39 is 21.7 Å². The molecule has 0 saturated heterocycles. The molecular formula is C15H15NO5S. The minimum Gasteiger partial charge on any atom is -0.478 e. The molecule has 1 aliphatic carbocycles. The van der Waals surface area contributed by atoms with Gasteiger partial charge in [-0.3, -0.25) is 4.79 Å². The van der Waals surface area contributed by atoms with E-state index in [-0.39, 0.29) is 16.4 Å². The Morgan fingerprint density at radius 1 is 1.32 bits per heavy atom. The smallest absolute Gasteiger partial charge is 0.335 e. The quantitative estimate of drug-likeness (QED) is 0.881. The van der Waals surface area contributed by atoms with E-state index >= 15 is 0 Å². The van der Waals surface area contributed by atoms with E-state index in [1.165, 1.54) is 30.4 Å². The molecule has 6 nitrogen and oxygen atoms in total. The van der Waals surface area contributed by atoms with E-state index in [0.29, 0.717) is 12.1 Å². The number of hydrogen-bond acceptors (Lipinski definition) is 4. The lowest BCUT2D eigenvalue weighted by molar-refractivity contribution is -0.118. The second-order valence-electron chi connectivity index (χ2n) is 4.96. The first kappa shape index (κ1) is 16.0. The number of allylic oxidation sites excluding steroid dienone is 2. The van der Waals surface area contributed by atoms with Gasteiger partial charge in [-0.1, -0.05) is 18.2 Å². The Balaban J connectivity index is 2.16. The number of carbonyl (C=O) groups excluding carboxylic acids is 1. The molecule has 1 aromatic rings. The van der Waals surface area contributed by atoms with Crippen LogP contribution in [0.4, 0.5) is 5.69 Å². The van der Waals surface area contributed by atoms with E-state index in [1.54, 1.807) is 12.1 Å². The van der Waals surface area contributed by atoms with Crippen LogP contribution in [0.25, 0.3) is 0 Å². The lowest BCUT2D eigenvalue weighted by atomic mass is 10.00. The number of aromatic carboxylic acids is 1. The van der Waals surface area contributed by atoms with Crippen LogP contribution in [0.15, 0.2) is 47.4 Å². The molecule has 0 spiro atoms. The highest BCUT2D eigenvalue weighted by Gasteiger charge is 2.21. The molecule has 1 aliphatic rings.